The fraction of sp³-hybridized carbons (Fsp3) is 0.870. The van der Waals surface area contributed by atoms with E-state index in [9.17, 15) is 18.8 Å². The van der Waals surface area contributed by atoms with Gasteiger partial charge in [0.25, 0.3) is 0 Å². The fourth-order valence-electron chi connectivity index (χ4n) is 3.50. The quantitative estimate of drug-likeness (QED) is 0.229. The average molecular weight is 432 g/mol. The molecule has 0 aromatic heterocycles. The van der Waals surface area contributed by atoms with Gasteiger partial charge in [-0.1, -0.05) is 70.6 Å². The Hall–Kier alpha value is -1.66. The van der Waals surface area contributed by atoms with Crippen LogP contribution >= 0.6 is 0 Å². The van der Waals surface area contributed by atoms with Crippen LogP contribution in [-0.4, -0.2) is 43.3 Å². The van der Waals surface area contributed by atoms with Crippen LogP contribution in [0.1, 0.15) is 104 Å². The maximum Gasteiger partial charge on any atom is 0.302 e. The summed E-state index contributed by atoms with van der Waals surface area (Å²) in [6, 6.07) is 0. The van der Waals surface area contributed by atoms with Crippen LogP contribution in [0, 0.1) is 0 Å². The minimum atomic E-state index is -0.884. The van der Waals surface area contributed by atoms with Crippen molar-refractivity contribution in [2.75, 3.05) is 19.9 Å². The van der Waals surface area contributed by atoms with Crippen LogP contribution in [-0.2, 0) is 23.9 Å². The third-order valence-electron chi connectivity index (χ3n) is 5.08. The summed E-state index contributed by atoms with van der Waals surface area (Å²) in [5.41, 5.74) is -0.884. The summed E-state index contributed by atoms with van der Waals surface area (Å²) in [7, 11) is 0. The lowest BCUT2D eigenvalue weighted by Crippen LogP contribution is -2.55. The molecule has 0 aliphatic carbocycles. The van der Waals surface area contributed by atoms with Gasteiger partial charge in [-0.05, 0) is 12.8 Å². The minimum Gasteiger partial charge on any atom is -0.463 e. The van der Waals surface area contributed by atoms with Crippen LogP contribution in [0.25, 0.3) is 0 Å². The van der Waals surface area contributed by atoms with Gasteiger partial charge in [-0.3, -0.25) is 18.8 Å². The molecule has 176 valence electrons. The summed E-state index contributed by atoms with van der Waals surface area (Å²) in [4.78, 5) is 34.2. The molecule has 0 radical (unpaired) electrons. The van der Waals surface area contributed by atoms with Gasteiger partial charge in [-0.25, -0.2) is 0 Å². The lowest BCUT2D eigenvalue weighted by Gasteiger charge is -2.33. The van der Waals surface area contributed by atoms with Crippen molar-refractivity contribution in [1.29, 1.82) is 0 Å². The van der Waals surface area contributed by atoms with Gasteiger partial charge in [-0.2, -0.15) is 0 Å². The van der Waals surface area contributed by atoms with Gasteiger partial charge in [0.05, 0.1) is 6.67 Å². The first-order chi connectivity index (χ1) is 14.3. The Morgan fingerprint density at radius 2 is 1.03 bits per heavy atom. The number of nitrogens with one attached hydrogen (secondary N) is 1. The molecule has 0 fully saturated rings. The van der Waals surface area contributed by atoms with Crippen molar-refractivity contribution >= 4 is 17.8 Å². The van der Waals surface area contributed by atoms with E-state index in [1.807, 2.05) is 0 Å². The Bertz CT molecular complexity index is 466. The van der Waals surface area contributed by atoms with E-state index in [4.69, 9.17) is 9.47 Å². The number of rotatable bonds is 19. The first kappa shape index (κ1) is 28.3. The van der Waals surface area contributed by atoms with E-state index in [1.54, 1.807) is 0 Å². The number of hydrogen-bond acceptors (Lipinski definition) is 5. The number of unbranched alkanes of at least 4 members (excludes halogenated alkanes) is 11. The molecule has 0 unspecified atom stereocenters. The minimum absolute atomic E-state index is 0.0134. The zero-order chi connectivity index (χ0) is 22.7. The Balaban J connectivity index is 4.14. The van der Waals surface area contributed by atoms with E-state index in [0.29, 0.717) is 12.8 Å². The van der Waals surface area contributed by atoms with Crippen molar-refractivity contribution in [3.63, 3.8) is 0 Å². The summed E-state index contributed by atoms with van der Waals surface area (Å²) >= 11 is 0. The van der Waals surface area contributed by atoms with E-state index in [0.717, 1.165) is 32.1 Å². The van der Waals surface area contributed by atoms with Crippen molar-refractivity contribution in [3.05, 3.63) is 0 Å². The molecule has 0 bridgehead atoms. The number of carbonyl (C=O) groups is 3. The highest BCUT2D eigenvalue weighted by atomic mass is 19.1. The summed E-state index contributed by atoms with van der Waals surface area (Å²) < 4.78 is 22.3. The summed E-state index contributed by atoms with van der Waals surface area (Å²) in [6.07, 6.45) is 13.7. The van der Waals surface area contributed by atoms with E-state index in [-0.39, 0.29) is 25.8 Å². The highest BCUT2D eigenvalue weighted by Crippen LogP contribution is 2.19. The average Bonchev–Trinajstić information content (AvgIpc) is 2.67. The van der Waals surface area contributed by atoms with Crippen LogP contribution in [0.3, 0.4) is 0 Å². The molecule has 0 aromatic carbocycles. The van der Waals surface area contributed by atoms with Crippen LogP contribution in [0.4, 0.5) is 4.39 Å². The number of halogens is 1. The van der Waals surface area contributed by atoms with Gasteiger partial charge in [0, 0.05) is 20.8 Å². The first-order valence-electron chi connectivity index (χ1n) is 11.4. The molecule has 0 atom stereocenters. The van der Waals surface area contributed by atoms with E-state index >= 15 is 0 Å². The first-order valence-corrected chi connectivity index (χ1v) is 11.4. The van der Waals surface area contributed by atoms with Gasteiger partial charge >= 0.3 is 11.9 Å². The largest absolute Gasteiger partial charge is 0.463 e. The Kier molecular flexibility index (Phi) is 17.1. The van der Waals surface area contributed by atoms with Gasteiger partial charge in [0.1, 0.15) is 18.8 Å². The smallest absolute Gasteiger partial charge is 0.302 e. The summed E-state index contributed by atoms with van der Waals surface area (Å²) in [6.45, 7) is 3.81. The zero-order valence-electron chi connectivity index (χ0n) is 19.2. The molecule has 1 amide bonds. The van der Waals surface area contributed by atoms with Crippen molar-refractivity contribution in [2.24, 2.45) is 0 Å². The lowest BCUT2D eigenvalue weighted by atomic mass is 9.92. The Labute approximate surface area is 181 Å². The maximum absolute atomic E-state index is 12.0. The number of hydrogen-bond donors (Lipinski definition) is 1. The topological polar surface area (TPSA) is 81.7 Å². The second kappa shape index (κ2) is 18.1. The highest BCUT2D eigenvalue weighted by Gasteiger charge is 2.33. The molecular formula is C23H42FNO5. The molecule has 0 heterocycles. The van der Waals surface area contributed by atoms with Crippen LogP contribution in [0.15, 0.2) is 0 Å². The van der Waals surface area contributed by atoms with Crippen molar-refractivity contribution < 1.29 is 28.2 Å². The van der Waals surface area contributed by atoms with Crippen LogP contribution < -0.4 is 5.32 Å². The zero-order valence-corrected chi connectivity index (χ0v) is 19.2. The van der Waals surface area contributed by atoms with E-state index < -0.39 is 17.5 Å². The molecule has 6 nitrogen and oxygen atoms in total. The Morgan fingerprint density at radius 3 is 1.37 bits per heavy atom. The number of esters is 2. The molecule has 1 N–H and O–H groups in total. The van der Waals surface area contributed by atoms with Crippen molar-refractivity contribution in [3.8, 4) is 0 Å². The second-order valence-electron chi connectivity index (χ2n) is 8.20. The summed E-state index contributed by atoms with van der Waals surface area (Å²) in [5, 5.41) is 2.83. The predicted molar refractivity (Wildman–Crippen MR) is 116 cm³/mol. The molecule has 0 spiro atoms. The highest BCUT2D eigenvalue weighted by molar-refractivity contribution is 5.74. The number of ether oxygens (including phenoxy) is 2. The molecule has 7 heteroatoms. The molecular weight excluding hydrogens is 389 g/mol. The third kappa shape index (κ3) is 17.2. The number of amides is 1. The SMILES string of the molecule is CC(=O)NC(CCCCCCCCCCCCCCF)(COC(C)=O)COC(C)=O. The second-order valence-corrected chi connectivity index (χ2v) is 8.20. The molecule has 30 heavy (non-hydrogen) atoms. The molecule has 0 aromatic rings. The monoisotopic (exact) mass is 431 g/mol. The maximum atomic E-state index is 12.0. The molecule has 0 saturated heterocycles. The fourth-order valence-corrected chi connectivity index (χ4v) is 3.50. The predicted octanol–water partition coefficient (Wildman–Crippen LogP) is 5.03. The number of carbonyl (C=O) groups excluding carboxylic acids is 3. The third-order valence-corrected chi connectivity index (χ3v) is 5.08. The van der Waals surface area contributed by atoms with Crippen molar-refractivity contribution in [2.45, 2.75) is 110 Å². The van der Waals surface area contributed by atoms with Gasteiger partial charge in [-0.15, -0.1) is 0 Å². The standard InChI is InChI=1S/C23H42FNO5/c1-20(26)25-23(18-29-21(2)27,19-30-22(3)28)16-14-12-10-8-6-4-5-7-9-11-13-15-17-24/h4-19H2,1-3H3,(H,25,26). The molecule has 0 aliphatic rings. The molecule has 0 aliphatic heterocycles. The van der Waals surface area contributed by atoms with E-state index in [1.165, 1.54) is 59.3 Å². The van der Waals surface area contributed by atoms with Crippen LogP contribution in [0.2, 0.25) is 0 Å². The summed E-state index contributed by atoms with van der Waals surface area (Å²) in [5.74, 6) is -1.12. The Morgan fingerprint density at radius 1 is 0.667 bits per heavy atom. The lowest BCUT2D eigenvalue weighted by molar-refractivity contribution is -0.150. The van der Waals surface area contributed by atoms with E-state index in [2.05, 4.69) is 5.32 Å². The molecule has 0 rings (SSSR count). The van der Waals surface area contributed by atoms with Gasteiger partial charge < -0.3 is 14.8 Å². The van der Waals surface area contributed by atoms with Crippen LogP contribution in [0.5, 0.6) is 0 Å². The van der Waals surface area contributed by atoms with Gasteiger partial charge in [0.15, 0.2) is 0 Å². The van der Waals surface area contributed by atoms with Crippen molar-refractivity contribution in [1.82, 2.24) is 5.32 Å². The normalized spacial score (nSPS) is 11.2. The molecule has 0 saturated carbocycles. The number of alkyl halides is 1. The van der Waals surface area contributed by atoms with Gasteiger partial charge in [0.2, 0.25) is 5.91 Å².